The summed E-state index contributed by atoms with van der Waals surface area (Å²) in [7, 11) is 0. The van der Waals surface area contributed by atoms with Gasteiger partial charge in [0.05, 0.1) is 26.2 Å². The molecule has 0 radical (unpaired) electrons. The molecule has 2 aromatic carbocycles. The first kappa shape index (κ1) is 20.5. The number of carbonyl (C=O) groups excluding carboxylic acids is 1. The smallest absolute Gasteiger partial charge is 0.279 e. The van der Waals surface area contributed by atoms with Gasteiger partial charge >= 0.3 is 0 Å². The van der Waals surface area contributed by atoms with Crippen molar-refractivity contribution < 1.29 is 14.1 Å². The quantitative estimate of drug-likeness (QED) is 0.663. The zero-order valence-corrected chi connectivity index (χ0v) is 17.2. The summed E-state index contributed by atoms with van der Waals surface area (Å²) in [5.74, 6) is -0.487. The maximum Gasteiger partial charge on any atom is 0.279 e. The van der Waals surface area contributed by atoms with Crippen LogP contribution in [0, 0.1) is 12.7 Å². The number of anilines is 2. The van der Waals surface area contributed by atoms with Crippen molar-refractivity contribution in [3.63, 3.8) is 0 Å². The van der Waals surface area contributed by atoms with Gasteiger partial charge in [-0.25, -0.2) is 4.39 Å². The first-order valence-electron chi connectivity index (χ1n) is 9.12. The minimum absolute atomic E-state index is 0.121. The highest BCUT2D eigenvalue weighted by Gasteiger charge is 2.23. The van der Waals surface area contributed by atoms with Crippen LogP contribution in [0.15, 0.2) is 42.5 Å². The average molecular weight is 422 g/mol. The lowest BCUT2D eigenvalue weighted by Gasteiger charge is -2.33. The lowest BCUT2D eigenvalue weighted by atomic mass is 10.2. The van der Waals surface area contributed by atoms with Crippen LogP contribution >= 0.6 is 23.8 Å². The van der Waals surface area contributed by atoms with Crippen LogP contribution in [0.4, 0.5) is 15.8 Å². The van der Waals surface area contributed by atoms with E-state index < -0.39 is 0 Å². The molecule has 3 rings (SSSR count). The van der Waals surface area contributed by atoms with Gasteiger partial charge in [-0.15, -0.1) is 0 Å². The number of nitrogens with one attached hydrogen (secondary N) is 3. The molecule has 0 aromatic heterocycles. The molecule has 3 N–H and O–H groups in total. The van der Waals surface area contributed by atoms with Gasteiger partial charge in [0, 0.05) is 16.4 Å². The average Bonchev–Trinajstić information content (AvgIpc) is 2.65. The highest BCUT2D eigenvalue weighted by Crippen LogP contribution is 2.20. The summed E-state index contributed by atoms with van der Waals surface area (Å²) >= 11 is 11.7. The SMILES string of the molecule is Cc1ccc(NC(=S)N2CC[NH+](CC(=O)Nc3cccc(F)c3)CC2)cc1Cl. The Kier molecular flexibility index (Phi) is 6.83. The second-order valence-electron chi connectivity index (χ2n) is 6.87. The molecule has 0 unspecified atom stereocenters. The second kappa shape index (κ2) is 9.32. The predicted molar refractivity (Wildman–Crippen MR) is 115 cm³/mol. The fourth-order valence-electron chi connectivity index (χ4n) is 3.07. The number of hydrogen-bond acceptors (Lipinski definition) is 2. The van der Waals surface area contributed by atoms with Gasteiger partial charge in [0.2, 0.25) is 0 Å². The summed E-state index contributed by atoms with van der Waals surface area (Å²) in [6, 6.07) is 11.7. The molecule has 148 valence electrons. The highest BCUT2D eigenvalue weighted by atomic mass is 35.5. The van der Waals surface area contributed by atoms with Crippen molar-refractivity contribution in [2.75, 3.05) is 43.4 Å². The van der Waals surface area contributed by atoms with Crippen LogP contribution in [0.3, 0.4) is 0 Å². The van der Waals surface area contributed by atoms with Crippen molar-refractivity contribution in [3.8, 4) is 0 Å². The Balaban J connectivity index is 1.45. The molecule has 0 atom stereocenters. The number of halogens is 2. The molecule has 0 spiro atoms. The van der Waals surface area contributed by atoms with Crippen molar-refractivity contribution in [2.24, 2.45) is 0 Å². The van der Waals surface area contributed by atoms with Crippen molar-refractivity contribution in [2.45, 2.75) is 6.92 Å². The third-order valence-corrected chi connectivity index (χ3v) is 5.47. The molecule has 1 saturated heterocycles. The minimum atomic E-state index is -0.366. The molecular weight excluding hydrogens is 399 g/mol. The summed E-state index contributed by atoms with van der Waals surface area (Å²) in [5.41, 5.74) is 2.36. The number of benzene rings is 2. The van der Waals surface area contributed by atoms with Gasteiger partial charge in [-0.2, -0.15) is 0 Å². The molecule has 0 saturated carbocycles. The van der Waals surface area contributed by atoms with E-state index in [1.54, 1.807) is 12.1 Å². The molecule has 8 heteroatoms. The van der Waals surface area contributed by atoms with Crippen LogP contribution in [0.25, 0.3) is 0 Å². The number of rotatable bonds is 4. The molecule has 2 aromatic rings. The fraction of sp³-hybridized carbons (Fsp3) is 0.300. The maximum absolute atomic E-state index is 13.2. The van der Waals surface area contributed by atoms with E-state index in [1.807, 2.05) is 25.1 Å². The highest BCUT2D eigenvalue weighted by molar-refractivity contribution is 7.80. The van der Waals surface area contributed by atoms with Crippen LogP contribution in [0.2, 0.25) is 5.02 Å². The number of quaternary nitrogens is 1. The third-order valence-electron chi connectivity index (χ3n) is 4.70. The van der Waals surface area contributed by atoms with Crippen LogP contribution in [0.5, 0.6) is 0 Å². The monoisotopic (exact) mass is 421 g/mol. The molecule has 0 bridgehead atoms. The fourth-order valence-corrected chi connectivity index (χ4v) is 3.56. The van der Waals surface area contributed by atoms with Gasteiger partial charge in [0.1, 0.15) is 5.82 Å². The Morgan fingerprint density at radius 1 is 1.18 bits per heavy atom. The minimum Gasteiger partial charge on any atom is -0.338 e. The summed E-state index contributed by atoms with van der Waals surface area (Å²) in [6.45, 7) is 5.41. The van der Waals surface area contributed by atoms with Crippen LogP contribution in [-0.2, 0) is 4.79 Å². The van der Waals surface area contributed by atoms with E-state index in [0.717, 1.165) is 37.4 Å². The van der Waals surface area contributed by atoms with Crippen LogP contribution in [-0.4, -0.2) is 48.6 Å². The zero-order chi connectivity index (χ0) is 20.1. The van der Waals surface area contributed by atoms with E-state index in [-0.39, 0.29) is 11.7 Å². The van der Waals surface area contributed by atoms with E-state index in [1.165, 1.54) is 17.0 Å². The summed E-state index contributed by atoms with van der Waals surface area (Å²) in [5, 5.41) is 7.32. The normalized spacial score (nSPS) is 14.6. The Morgan fingerprint density at radius 3 is 2.57 bits per heavy atom. The molecule has 1 aliphatic rings. The van der Waals surface area contributed by atoms with E-state index >= 15 is 0 Å². The Labute approximate surface area is 174 Å². The van der Waals surface area contributed by atoms with Gasteiger partial charge in [-0.05, 0) is 55.0 Å². The molecule has 5 nitrogen and oxygen atoms in total. The molecular formula is C20H23ClFN4OS+. The molecule has 1 fully saturated rings. The third kappa shape index (κ3) is 5.64. The van der Waals surface area contributed by atoms with Gasteiger partial charge in [0.15, 0.2) is 11.7 Å². The number of carbonyl (C=O) groups is 1. The standard InChI is InChI=1S/C20H22ClFN4OS/c1-14-5-6-17(12-18(14)21)24-20(28)26-9-7-25(8-10-26)13-19(27)23-16-4-2-3-15(22)11-16/h2-6,11-12H,7-10,13H2,1H3,(H,23,27)(H,24,28)/p+1. The largest absolute Gasteiger partial charge is 0.338 e. The summed E-state index contributed by atoms with van der Waals surface area (Å²) in [6.07, 6.45) is 0. The molecule has 28 heavy (non-hydrogen) atoms. The van der Waals surface area contributed by atoms with E-state index in [4.69, 9.17) is 23.8 Å². The van der Waals surface area contributed by atoms with Crippen LogP contribution in [0.1, 0.15) is 5.56 Å². The topological polar surface area (TPSA) is 48.8 Å². The van der Waals surface area contributed by atoms with Crippen LogP contribution < -0.4 is 15.5 Å². The summed E-state index contributed by atoms with van der Waals surface area (Å²) in [4.78, 5) is 15.5. The molecule has 1 aliphatic heterocycles. The van der Waals surface area contributed by atoms with E-state index in [9.17, 15) is 9.18 Å². The van der Waals surface area contributed by atoms with Crippen molar-refractivity contribution in [1.29, 1.82) is 0 Å². The van der Waals surface area contributed by atoms with Crippen molar-refractivity contribution in [3.05, 3.63) is 58.9 Å². The summed E-state index contributed by atoms with van der Waals surface area (Å²) < 4.78 is 13.2. The lowest BCUT2D eigenvalue weighted by molar-refractivity contribution is -0.895. The number of thiocarbonyl (C=S) groups is 1. The molecule has 0 aliphatic carbocycles. The molecule has 1 amide bonds. The lowest BCUT2D eigenvalue weighted by Crippen LogP contribution is -3.15. The maximum atomic E-state index is 13.2. The van der Waals surface area contributed by atoms with Crippen molar-refractivity contribution >= 4 is 46.2 Å². The Hall–Kier alpha value is -2.22. The van der Waals surface area contributed by atoms with Gasteiger partial charge < -0.3 is 20.4 Å². The molecule has 1 heterocycles. The predicted octanol–water partition coefficient (Wildman–Crippen LogP) is 2.32. The Bertz CT molecular complexity index is 871. The Morgan fingerprint density at radius 2 is 1.89 bits per heavy atom. The first-order valence-corrected chi connectivity index (χ1v) is 9.90. The first-order chi connectivity index (χ1) is 13.4. The number of piperazine rings is 1. The number of hydrogen-bond donors (Lipinski definition) is 3. The second-order valence-corrected chi connectivity index (χ2v) is 7.66. The number of amides is 1. The van der Waals surface area contributed by atoms with E-state index in [0.29, 0.717) is 22.4 Å². The van der Waals surface area contributed by atoms with Crippen molar-refractivity contribution in [1.82, 2.24) is 4.90 Å². The number of nitrogens with zero attached hydrogens (tertiary/aromatic N) is 1. The van der Waals surface area contributed by atoms with E-state index in [2.05, 4.69) is 15.5 Å². The number of aryl methyl sites for hydroxylation is 1. The zero-order valence-electron chi connectivity index (χ0n) is 15.6. The van der Waals surface area contributed by atoms with Gasteiger partial charge in [-0.3, -0.25) is 4.79 Å². The van der Waals surface area contributed by atoms with Gasteiger partial charge in [0.25, 0.3) is 5.91 Å². The van der Waals surface area contributed by atoms with Gasteiger partial charge in [-0.1, -0.05) is 23.7 Å².